The van der Waals surface area contributed by atoms with Gasteiger partial charge in [0.05, 0.1) is 11.3 Å². The van der Waals surface area contributed by atoms with E-state index in [9.17, 15) is 9.18 Å². The number of carbonyl (C=O) groups excluding carboxylic acids is 1. The summed E-state index contributed by atoms with van der Waals surface area (Å²) in [5.41, 5.74) is 4.84. The van der Waals surface area contributed by atoms with Crippen molar-refractivity contribution in [3.63, 3.8) is 0 Å². The lowest BCUT2D eigenvalue weighted by Crippen LogP contribution is -2.25. The van der Waals surface area contributed by atoms with Crippen molar-refractivity contribution in [3.8, 4) is 0 Å². The van der Waals surface area contributed by atoms with E-state index in [1.807, 2.05) is 18.2 Å². The zero-order valence-electron chi connectivity index (χ0n) is 17.3. The molecule has 0 unspecified atom stereocenters. The fourth-order valence-corrected chi connectivity index (χ4v) is 3.48. The molecule has 1 aliphatic heterocycles. The van der Waals surface area contributed by atoms with Crippen molar-refractivity contribution < 1.29 is 9.18 Å². The van der Waals surface area contributed by atoms with Crippen LogP contribution in [0.15, 0.2) is 42.6 Å². The van der Waals surface area contributed by atoms with Crippen LogP contribution in [-0.4, -0.2) is 37.0 Å². The monoisotopic (exact) mass is 396 g/mol. The van der Waals surface area contributed by atoms with Gasteiger partial charge in [0.25, 0.3) is 5.91 Å². The first kappa shape index (κ1) is 20.9. The molecule has 0 bridgehead atoms. The number of anilines is 3. The number of carbonyl (C=O) groups is 1. The van der Waals surface area contributed by atoms with Crippen molar-refractivity contribution in [2.75, 3.05) is 42.1 Å². The van der Waals surface area contributed by atoms with Gasteiger partial charge < -0.3 is 20.9 Å². The van der Waals surface area contributed by atoms with Crippen LogP contribution in [0.25, 0.3) is 5.57 Å². The Morgan fingerprint density at radius 1 is 1.14 bits per heavy atom. The Hall–Kier alpha value is -2.86. The van der Waals surface area contributed by atoms with E-state index in [0.29, 0.717) is 16.8 Å². The van der Waals surface area contributed by atoms with Crippen LogP contribution in [0.3, 0.4) is 0 Å². The summed E-state index contributed by atoms with van der Waals surface area (Å²) in [6, 6.07) is 10.4. The van der Waals surface area contributed by atoms with Crippen molar-refractivity contribution in [1.82, 2.24) is 4.90 Å². The van der Waals surface area contributed by atoms with Crippen LogP contribution in [-0.2, 0) is 4.79 Å². The third kappa shape index (κ3) is 5.15. The number of hydrogen-bond donors (Lipinski definition) is 3. The maximum absolute atomic E-state index is 13.3. The van der Waals surface area contributed by atoms with Gasteiger partial charge in [0.15, 0.2) is 0 Å². The van der Waals surface area contributed by atoms with Crippen molar-refractivity contribution in [2.45, 2.75) is 27.2 Å². The minimum absolute atomic E-state index is 0.235. The van der Waals surface area contributed by atoms with Crippen LogP contribution in [0.2, 0.25) is 0 Å². The summed E-state index contributed by atoms with van der Waals surface area (Å²) >= 11 is 0. The van der Waals surface area contributed by atoms with E-state index in [2.05, 4.69) is 41.6 Å². The minimum atomic E-state index is -0.367. The number of nitrogens with one attached hydrogen (secondary N) is 3. The van der Waals surface area contributed by atoms with Gasteiger partial charge in [0, 0.05) is 29.7 Å². The molecule has 0 saturated heterocycles. The molecule has 0 aromatic heterocycles. The first-order valence-corrected chi connectivity index (χ1v) is 10.2. The van der Waals surface area contributed by atoms with Gasteiger partial charge in [0.1, 0.15) is 5.82 Å². The molecule has 0 atom stereocenters. The highest BCUT2D eigenvalue weighted by molar-refractivity contribution is 6.31. The molecular weight excluding hydrogens is 367 g/mol. The van der Waals surface area contributed by atoms with Crippen LogP contribution in [0.5, 0.6) is 0 Å². The van der Waals surface area contributed by atoms with Crippen molar-refractivity contribution in [1.29, 1.82) is 0 Å². The summed E-state index contributed by atoms with van der Waals surface area (Å²) in [7, 11) is 0. The molecule has 5 nitrogen and oxygen atoms in total. The molecule has 1 heterocycles. The second-order valence-corrected chi connectivity index (χ2v) is 7.18. The summed E-state index contributed by atoms with van der Waals surface area (Å²) in [4.78, 5) is 14.6. The molecular formula is C23H29FN4O. The van der Waals surface area contributed by atoms with Crippen LogP contribution < -0.4 is 16.0 Å². The van der Waals surface area contributed by atoms with Crippen molar-refractivity contribution in [2.24, 2.45) is 0 Å². The zero-order chi connectivity index (χ0) is 20.8. The number of amides is 1. The van der Waals surface area contributed by atoms with Gasteiger partial charge in [-0.3, -0.25) is 4.79 Å². The van der Waals surface area contributed by atoms with Gasteiger partial charge in [0.2, 0.25) is 0 Å². The van der Waals surface area contributed by atoms with Crippen LogP contribution in [0.1, 0.15) is 31.4 Å². The maximum Gasteiger partial charge on any atom is 0.257 e. The van der Waals surface area contributed by atoms with E-state index in [1.54, 1.807) is 12.3 Å². The molecule has 3 N–H and O–H groups in total. The van der Waals surface area contributed by atoms with E-state index < -0.39 is 0 Å². The van der Waals surface area contributed by atoms with Crippen LogP contribution in [0, 0.1) is 12.7 Å². The molecule has 6 heteroatoms. The van der Waals surface area contributed by atoms with Gasteiger partial charge in [-0.25, -0.2) is 4.39 Å². The molecule has 0 aliphatic carbocycles. The lowest BCUT2D eigenvalue weighted by atomic mass is 10.1. The van der Waals surface area contributed by atoms with Crippen LogP contribution in [0.4, 0.5) is 21.5 Å². The highest BCUT2D eigenvalue weighted by Crippen LogP contribution is 2.32. The largest absolute Gasteiger partial charge is 0.385 e. The number of halogens is 1. The summed E-state index contributed by atoms with van der Waals surface area (Å²) in [6.45, 7) is 10.6. The first-order chi connectivity index (χ1) is 14.0. The zero-order valence-corrected chi connectivity index (χ0v) is 17.3. The predicted molar refractivity (Wildman–Crippen MR) is 119 cm³/mol. The average Bonchev–Trinajstić information content (AvgIpc) is 3.01. The van der Waals surface area contributed by atoms with Crippen LogP contribution >= 0.6 is 0 Å². The van der Waals surface area contributed by atoms with E-state index in [1.165, 1.54) is 12.1 Å². The number of nitrogens with zero attached hydrogens (tertiary/aromatic N) is 1. The second kappa shape index (κ2) is 9.56. The molecule has 0 fully saturated rings. The smallest absolute Gasteiger partial charge is 0.257 e. The quantitative estimate of drug-likeness (QED) is 0.425. The molecule has 0 saturated carbocycles. The minimum Gasteiger partial charge on any atom is -0.385 e. The highest BCUT2D eigenvalue weighted by atomic mass is 19.1. The fourth-order valence-electron chi connectivity index (χ4n) is 3.48. The van der Waals surface area contributed by atoms with E-state index in [0.717, 1.165) is 49.5 Å². The van der Waals surface area contributed by atoms with Gasteiger partial charge in [-0.2, -0.15) is 0 Å². The molecule has 2 aromatic rings. The predicted octanol–water partition coefficient (Wildman–Crippen LogP) is 4.68. The van der Waals surface area contributed by atoms with Crippen molar-refractivity contribution >= 4 is 28.5 Å². The molecule has 1 amide bonds. The lowest BCUT2D eigenvalue weighted by Gasteiger charge is -2.18. The number of benzene rings is 2. The molecule has 2 aromatic carbocycles. The molecule has 1 aliphatic rings. The topological polar surface area (TPSA) is 56.4 Å². The second-order valence-electron chi connectivity index (χ2n) is 7.18. The highest BCUT2D eigenvalue weighted by Gasteiger charge is 2.24. The summed E-state index contributed by atoms with van der Waals surface area (Å²) in [5, 5.41) is 9.37. The van der Waals surface area contributed by atoms with Gasteiger partial charge in [-0.15, -0.1) is 0 Å². The Labute approximate surface area is 172 Å². The number of fused-ring (bicyclic) bond motifs is 1. The number of hydrogen-bond acceptors (Lipinski definition) is 4. The third-order valence-corrected chi connectivity index (χ3v) is 5.24. The molecule has 29 heavy (non-hydrogen) atoms. The Bertz CT molecular complexity index is 906. The summed E-state index contributed by atoms with van der Waals surface area (Å²) < 4.78 is 13.3. The summed E-state index contributed by atoms with van der Waals surface area (Å²) in [6.07, 6.45) is 2.77. The Kier molecular flexibility index (Phi) is 6.88. The standard InChI is InChI=1S/C23H29FN4O/c1-4-28(5-2)12-6-11-25-21-10-8-18(13-16(21)3)26-15-20-19-9-7-17(24)14-22(19)27-23(20)29/h7-10,13-15,25-26H,4-6,11-12H2,1-3H3,(H,27,29). The molecule has 3 rings (SSSR count). The Balaban J connectivity index is 1.60. The normalized spacial score (nSPS) is 14.2. The SMILES string of the molecule is CCN(CC)CCCNc1ccc(NC=C2C(=O)Nc3cc(F)ccc32)cc1C. The van der Waals surface area contributed by atoms with E-state index >= 15 is 0 Å². The Morgan fingerprint density at radius 3 is 2.66 bits per heavy atom. The van der Waals surface area contributed by atoms with E-state index in [-0.39, 0.29) is 11.7 Å². The lowest BCUT2D eigenvalue weighted by molar-refractivity contribution is -0.110. The third-order valence-electron chi connectivity index (χ3n) is 5.24. The first-order valence-electron chi connectivity index (χ1n) is 10.2. The van der Waals surface area contributed by atoms with Gasteiger partial charge >= 0.3 is 0 Å². The Morgan fingerprint density at radius 2 is 1.93 bits per heavy atom. The molecule has 0 spiro atoms. The van der Waals surface area contributed by atoms with E-state index in [4.69, 9.17) is 0 Å². The number of rotatable bonds is 9. The van der Waals surface area contributed by atoms with Gasteiger partial charge in [-0.05, 0) is 74.9 Å². The average molecular weight is 397 g/mol. The number of aryl methyl sites for hydroxylation is 1. The van der Waals surface area contributed by atoms with Gasteiger partial charge in [-0.1, -0.05) is 13.8 Å². The van der Waals surface area contributed by atoms with Crippen molar-refractivity contribution in [3.05, 3.63) is 59.5 Å². The summed E-state index contributed by atoms with van der Waals surface area (Å²) in [5.74, 6) is -0.601. The fraction of sp³-hybridized carbons (Fsp3) is 0.348. The molecule has 154 valence electrons. The maximum atomic E-state index is 13.3. The molecule has 0 radical (unpaired) electrons.